The first kappa shape index (κ1) is 15.9. The minimum Gasteiger partial charge on any atom is -0.453 e. The number of urea groups is 1. The van der Waals surface area contributed by atoms with E-state index >= 15 is 0 Å². The molecule has 1 saturated heterocycles. The molecule has 7 nitrogen and oxygen atoms in total. The fourth-order valence-corrected chi connectivity index (χ4v) is 3.12. The van der Waals surface area contributed by atoms with Crippen molar-refractivity contribution in [3.63, 3.8) is 0 Å². The third kappa shape index (κ3) is 4.49. The third-order valence-electron chi connectivity index (χ3n) is 4.45. The summed E-state index contributed by atoms with van der Waals surface area (Å²) in [6.07, 6.45) is 5.88. The average molecular weight is 298 g/mol. The molecule has 21 heavy (non-hydrogen) atoms. The van der Waals surface area contributed by atoms with Crippen LogP contribution < -0.4 is 11.2 Å². The van der Waals surface area contributed by atoms with Crippen LogP contribution in [0.4, 0.5) is 9.59 Å². The molecule has 0 radical (unpaired) electrons. The highest BCUT2D eigenvalue weighted by atomic mass is 16.5. The van der Waals surface area contributed by atoms with Gasteiger partial charge in [0.15, 0.2) is 0 Å². The molecule has 0 aromatic carbocycles. The van der Waals surface area contributed by atoms with Gasteiger partial charge in [0.05, 0.1) is 7.11 Å². The van der Waals surface area contributed by atoms with Crippen LogP contribution >= 0.6 is 0 Å². The lowest BCUT2D eigenvalue weighted by Crippen LogP contribution is -2.50. The molecule has 0 bridgehead atoms. The number of carbonyl (C=O) groups is 2. The minimum absolute atomic E-state index is 0.183. The van der Waals surface area contributed by atoms with E-state index in [2.05, 4.69) is 5.32 Å². The number of nitrogens with two attached hydrogens (primary N) is 1. The Kier molecular flexibility index (Phi) is 5.67. The van der Waals surface area contributed by atoms with E-state index in [0.29, 0.717) is 25.6 Å². The van der Waals surface area contributed by atoms with Crippen molar-refractivity contribution >= 4 is 12.1 Å². The van der Waals surface area contributed by atoms with Gasteiger partial charge >= 0.3 is 12.1 Å². The summed E-state index contributed by atoms with van der Waals surface area (Å²) >= 11 is 0. The molecular formula is C14H26N4O3. The van der Waals surface area contributed by atoms with Gasteiger partial charge in [0, 0.05) is 25.7 Å². The molecule has 1 aliphatic heterocycles. The lowest BCUT2D eigenvalue weighted by Gasteiger charge is -2.33. The second-order valence-electron chi connectivity index (χ2n) is 5.98. The van der Waals surface area contributed by atoms with E-state index in [4.69, 9.17) is 10.6 Å². The number of methoxy groups -OCH3 is 1. The summed E-state index contributed by atoms with van der Waals surface area (Å²) in [5.74, 6) is 6.20. The van der Waals surface area contributed by atoms with Gasteiger partial charge in [-0.05, 0) is 31.6 Å². The lowest BCUT2D eigenvalue weighted by molar-refractivity contribution is 0.0995. The first-order chi connectivity index (χ1) is 10.1. The Morgan fingerprint density at radius 1 is 1.24 bits per heavy atom. The first-order valence-corrected chi connectivity index (χ1v) is 7.75. The molecule has 0 aromatic heterocycles. The van der Waals surface area contributed by atoms with Crippen molar-refractivity contribution in [3.05, 3.63) is 0 Å². The highest BCUT2D eigenvalue weighted by molar-refractivity contribution is 5.73. The number of hydrogen-bond donors (Lipinski definition) is 2. The van der Waals surface area contributed by atoms with Crippen LogP contribution in [0.15, 0.2) is 0 Å². The molecule has 3 amide bonds. The molecule has 2 fully saturated rings. The van der Waals surface area contributed by atoms with E-state index in [1.807, 2.05) is 0 Å². The van der Waals surface area contributed by atoms with Crippen LogP contribution in [0.2, 0.25) is 0 Å². The van der Waals surface area contributed by atoms with Crippen molar-refractivity contribution in [1.29, 1.82) is 0 Å². The molecule has 1 aliphatic carbocycles. The summed E-state index contributed by atoms with van der Waals surface area (Å²) in [6.45, 7) is 1.86. The highest BCUT2D eigenvalue weighted by Gasteiger charge is 2.26. The predicted octanol–water partition coefficient (Wildman–Crippen LogP) is 1.29. The van der Waals surface area contributed by atoms with E-state index in [9.17, 15) is 9.59 Å². The molecule has 0 aromatic rings. The fraction of sp³-hybridized carbons (Fsp3) is 0.857. The zero-order chi connectivity index (χ0) is 15.2. The predicted molar refractivity (Wildman–Crippen MR) is 78.4 cm³/mol. The Balaban J connectivity index is 1.69. The smallest absolute Gasteiger partial charge is 0.409 e. The second kappa shape index (κ2) is 7.49. The summed E-state index contributed by atoms with van der Waals surface area (Å²) in [5, 5.41) is 4.27. The van der Waals surface area contributed by atoms with Crippen molar-refractivity contribution in [2.75, 3.05) is 26.7 Å². The molecule has 0 spiro atoms. The van der Waals surface area contributed by atoms with Crippen LogP contribution in [0, 0.1) is 5.92 Å². The van der Waals surface area contributed by atoms with Gasteiger partial charge in [-0.1, -0.05) is 12.8 Å². The maximum Gasteiger partial charge on any atom is 0.409 e. The second-order valence-corrected chi connectivity index (χ2v) is 5.98. The van der Waals surface area contributed by atoms with Crippen LogP contribution in [-0.4, -0.2) is 54.8 Å². The topological polar surface area (TPSA) is 87.9 Å². The average Bonchev–Trinajstić information content (AvgIpc) is 3.00. The van der Waals surface area contributed by atoms with Crippen LogP contribution in [0.5, 0.6) is 0 Å². The molecule has 2 aliphatic rings. The van der Waals surface area contributed by atoms with Gasteiger partial charge in [-0.25, -0.2) is 15.4 Å². The molecule has 1 saturated carbocycles. The largest absolute Gasteiger partial charge is 0.453 e. The molecule has 0 atom stereocenters. The van der Waals surface area contributed by atoms with Gasteiger partial charge in [0.1, 0.15) is 0 Å². The first-order valence-electron chi connectivity index (χ1n) is 7.75. The summed E-state index contributed by atoms with van der Waals surface area (Å²) < 4.78 is 4.71. The number of likely N-dealkylation sites (tertiary alicyclic amines) is 1. The van der Waals surface area contributed by atoms with Gasteiger partial charge < -0.3 is 15.0 Å². The zero-order valence-electron chi connectivity index (χ0n) is 12.7. The van der Waals surface area contributed by atoms with Crippen LogP contribution in [0.3, 0.4) is 0 Å². The van der Waals surface area contributed by atoms with Crippen molar-refractivity contribution in [2.24, 2.45) is 11.8 Å². The van der Waals surface area contributed by atoms with Crippen molar-refractivity contribution < 1.29 is 14.3 Å². The Labute approximate surface area is 125 Å². The number of rotatable bonds is 3. The van der Waals surface area contributed by atoms with E-state index in [1.165, 1.54) is 25.0 Å². The maximum atomic E-state index is 12.0. The number of carbonyl (C=O) groups excluding carboxylic acids is 2. The van der Waals surface area contributed by atoms with E-state index in [1.54, 1.807) is 4.90 Å². The van der Waals surface area contributed by atoms with Gasteiger partial charge in [0.25, 0.3) is 0 Å². The van der Waals surface area contributed by atoms with E-state index in [-0.39, 0.29) is 18.2 Å². The van der Waals surface area contributed by atoms with Crippen molar-refractivity contribution in [1.82, 2.24) is 15.2 Å². The minimum atomic E-state index is -0.281. The molecule has 7 heteroatoms. The van der Waals surface area contributed by atoms with E-state index < -0.39 is 0 Å². The number of hydrogen-bond acceptors (Lipinski definition) is 4. The van der Waals surface area contributed by atoms with Crippen LogP contribution in [-0.2, 0) is 4.74 Å². The molecule has 1 heterocycles. The number of amides is 3. The summed E-state index contributed by atoms with van der Waals surface area (Å²) in [6, 6.07) is 0.0991. The van der Waals surface area contributed by atoms with E-state index in [0.717, 1.165) is 25.7 Å². The molecule has 3 N–H and O–H groups in total. The fourth-order valence-electron chi connectivity index (χ4n) is 3.12. The molecule has 0 unspecified atom stereocenters. The quantitative estimate of drug-likeness (QED) is 0.467. The van der Waals surface area contributed by atoms with Crippen molar-refractivity contribution in [2.45, 2.75) is 44.6 Å². The monoisotopic (exact) mass is 298 g/mol. The number of piperidine rings is 1. The molecule has 120 valence electrons. The summed E-state index contributed by atoms with van der Waals surface area (Å²) in [7, 11) is 1.39. The summed E-state index contributed by atoms with van der Waals surface area (Å²) in [4.78, 5) is 25.1. The molecule has 2 rings (SSSR count). The lowest BCUT2D eigenvalue weighted by atomic mass is 9.97. The Hall–Kier alpha value is -1.50. The van der Waals surface area contributed by atoms with Gasteiger partial charge in [-0.3, -0.25) is 5.01 Å². The third-order valence-corrected chi connectivity index (χ3v) is 4.45. The maximum absolute atomic E-state index is 12.0. The van der Waals surface area contributed by atoms with Gasteiger partial charge in [0.2, 0.25) is 0 Å². The van der Waals surface area contributed by atoms with Crippen LogP contribution in [0.1, 0.15) is 38.5 Å². The standard InChI is InChI=1S/C14H26N4O3/c1-21-14(20)17-8-6-11(7-9-17)10-18(15)13(19)16-12-4-2-3-5-12/h11-12H,2-10,15H2,1H3,(H,16,19). The molecular weight excluding hydrogens is 272 g/mol. The normalized spacial score (nSPS) is 20.4. The van der Waals surface area contributed by atoms with Gasteiger partial charge in [-0.2, -0.15) is 0 Å². The number of nitrogens with zero attached hydrogens (tertiary/aromatic N) is 2. The Morgan fingerprint density at radius 2 is 1.86 bits per heavy atom. The van der Waals surface area contributed by atoms with Gasteiger partial charge in [-0.15, -0.1) is 0 Å². The number of ether oxygens (including phenoxy) is 1. The number of hydrazine groups is 1. The number of nitrogens with one attached hydrogen (secondary N) is 1. The Bertz CT molecular complexity index is 363. The van der Waals surface area contributed by atoms with Crippen LogP contribution in [0.25, 0.3) is 0 Å². The Morgan fingerprint density at radius 3 is 2.43 bits per heavy atom. The SMILES string of the molecule is COC(=O)N1CCC(CN(N)C(=O)NC2CCCC2)CC1. The highest BCUT2D eigenvalue weighted by Crippen LogP contribution is 2.19. The van der Waals surface area contributed by atoms with Crippen molar-refractivity contribution in [3.8, 4) is 0 Å². The summed E-state index contributed by atoms with van der Waals surface area (Å²) in [5.41, 5.74) is 0. The zero-order valence-corrected chi connectivity index (χ0v) is 12.7.